The minimum Gasteiger partial charge on any atom is -0.330 e. The summed E-state index contributed by atoms with van der Waals surface area (Å²) in [5.41, 5.74) is 6.67. The zero-order valence-corrected chi connectivity index (χ0v) is 10.6. The lowest BCUT2D eigenvalue weighted by atomic mass is 10.3. The van der Waals surface area contributed by atoms with Crippen LogP contribution in [0.3, 0.4) is 0 Å². The van der Waals surface area contributed by atoms with Crippen molar-refractivity contribution in [2.45, 2.75) is 44.2 Å². The quantitative estimate of drug-likeness (QED) is 0.811. The number of hydrogen-bond acceptors (Lipinski definition) is 3. The lowest BCUT2D eigenvalue weighted by Crippen LogP contribution is -2.07. The monoisotopic (exact) mass is 227 g/mol. The van der Waals surface area contributed by atoms with Crippen molar-refractivity contribution in [1.82, 2.24) is 9.78 Å². The van der Waals surface area contributed by atoms with Gasteiger partial charge in [0, 0.05) is 23.2 Å². The highest BCUT2D eigenvalue weighted by Crippen LogP contribution is 2.18. The van der Waals surface area contributed by atoms with Crippen molar-refractivity contribution in [3.05, 3.63) is 18.0 Å². The molecule has 1 heterocycles. The fraction of sp³-hybridized carbons (Fsp3) is 0.727. The Morgan fingerprint density at radius 1 is 1.47 bits per heavy atom. The Bertz CT molecular complexity index is 283. The van der Waals surface area contributed by atoms with Crippen molar-refractivity contribution in [2.75, 3.05) is 6.54 Å². The van der Waals surface area contributed by atoms with Crippen molar-refractivity contribution in [2.24, 2.45) is 5.73 Å². The van der Waals surface area contributed by atoms with Gasteiger partial charge < -0.3 is 5.73 Å². The van der Waals surface area contributed by atoms with Gasteiger partial charge in [0.2, 0.25) is 0 Å². The molecule has 0 saturated heterocycles. The van der Waals surface area contributed by atoms with Gasteiger partial charge in [0.25, 0.3) is 0 Å². The molecule has 0 spiro atoms. The second kappa shape index (κ2) is 6.18. The van der Waals surface area contributed by atoms with Crippen LogP contribution < -0.4 is 5.73 Å². The summed E-state index contributed by atoms with van der Waals surface area (Å²) in [4.78, 5) is 0. The lowest BCUT2D eigenvalue weighted by Gasteiger charge is -2.08. The molecule has 15 heavy (non-hydrogen) atoms. The van der Waals surface area contributed by atoms with Crippen LogP contribution in [0.15, 0.2) is 12.3 Å². The molecule has 1 rings (SSSR count). The highest BCUT2D eigenvalue weighted by atomic mass is 32.2. The van der Waals surface area contributed by atoms with E-state index in [1.165, 1.54) is 0 Å². The molecule has 86 valence electrons. The molecule has 0 fully saturated rings. The minimum absolute atomic E-state index is 0.449. The smallest absolute Gasteiger partial charge is 0.0723 e. The normalized spacial score (nSPS) is 13.4. The predicted octanol–water partition coefficient (Wildman–Crippen LogP) is 2.43. The van der Waals surface area contributed by atoms with Crippen LogP contribution in [-0.2, 0) is 5.75 Å². The van der Waals surface area contributed by atoms with Crippen molar-refractivity contribution in [3.8, 4) is 0 Å². The van der Waals surface area contributed by atoms with E-state index in [0.717, 1.165) is 24.4 Å². The van der Waals surface area contributed by atoms with Crippen LogP contribution >= 0.6 is 11.8 Å². The van der Waals surface area contributed by atoms with Crippen LogP contribution in [0, 0.1) is 0 Å². The van der Waals surface area contributed by atoms with Gasteiger partial charge in [0.05, 0.1) is 5.69 Å². The molecule has 0 aliphatic rings. The van der Waals surface area contributed by atoms with Gasteiger partial charge in [-0.2, -0.15) is 16.9 Å². The van der Waals surface area contributed by atoms with Crippen LogP contribution in [0.5, 0.6) is 0 Å². The average molecular weight is 227 g/mol. The highest BCUT2D eigenvalue weighted by Gasteiger charge is 2.05. The molecular weight excluding hydrogens is 206 g/mol. The van der Waals surface area contributed by atoms with Crippen molar-refractivity contribution >= 4 is 11.8 Å². The van der Waals surface area contributed by atoms with Gasteiger partial charge in [-0.05, 0) is 32.9 Å². The third-order valence-corrected chi connectivity index (χ3v) is 3.55. The third kappa shape index (κ3) is 4.26. The molecular formula is C11H21N3S. The van der Waals surface area contributed by atoms with Gasteiger partial charge in [-0.25, -0.2) is 0 Å². The van der Waals surface area contributed by atoms with Crippen LogP contribution in [0.25, 0.3) is 0 Å². The van der Waals surface area contributed by atoms with E-state index >= 15 is 0 Å². The van der Waals surface area contributed by atoms with Crippen molar-refractivity contribution < 1.29 is 0 Å². The summed E-state index contributed by atoms with van der Waals surface area (Å²) in [5, 5.41) is 5.13. The number of nitrogens with two attached hydrogens (primary N) is 1. The first kappa shape index (κ1) is 12.6. The third-order valence-electron chi connectivity index (χ3n) is 2.28. The van der Waals surface area contributed by atoms with Gasteiger partial charge >= 0.3 is 0 Å². The molecule has 0 bridgehead atoms. The SMILES string of the molecule is CC(CCN)SCc1ccn(C(C)C)n1. The van der Waals surface area contributed by atoms with Gasteiger partial charge in [-0.1, -0.05) is 6.92 Å². The summed E-state index contributed by atoms with van der Waals surface area (Å²) in [6, 6.07) is 2.55. The fourth-order valence-corrected chi connectivity index (χ4v) is 2.20. The fourth-order valence-electron chi connectivity index (χ4n) is 1.29. The molecule has 0 amide bonds. The summed E-state index contributed by atoms with van der Waals surface area (Å²) in [6.07, 6.45) is 3.13. The Kier molecular flexibility index (Phi) is 5.19. The van der Waals surface area contributed by atoms with Crippen molar-refractivity contribution in [3.63, 3.8) is 0 Å². The maximum atomic E-state index is 5.51. The number of thioether (sulfide) groups is 1. The molecule has 4 heteroatoms. The maximum Gasteiger partial charge on any atom is 0.0723 e. The first-order valence-electron chi connectivity index (χ1n) is 5.49. The first-order chi connectivity index (χ1) is 7.13. The zero-order chi connectivity index (χ0) is 11.3. The van der Waals surface area contributed by atoms with E-state index in [2.05, 4.69) is 31.9 Å². The molecule has 3 nitrogen and oxygen atoms in total. The number of rotatable bonds is 6. The molecule has 2 N–H and O–H groups in total. The Labute approximate surface area is 96.4 Å². The van der Waals surface area contributed by atoms with Gasteiger partial charge in [0.15, 0.2) is 0 Å². The second-order valence-electron chi connectivity index (χ2n) is 4.08. The van der Waals surface area contributed by atoms with E-state index in [4.69, 9.17) is 5.73 Å². The summed E-state index contributed by atoms with van der Waals surface area (Å²) in [7, 11) is 0. The largest absolute Gasteiger partial charge is 0.330 e. The Morgan fingerprint density at radius 2 is 2.20 bits per heavy atom. The lowest BCUT2D eigenvalue weighted by molar-refractivity contribution is 0.528. The molecule has 0 radical (unpaired) electrons. The molecule has 1 atom stereocenters. The topological polar surface area (TPSA) is 43.8 Å². The van der Waals surface area contributed by atoms with Crippen LogP contribution in [0.2, 0.25) is 0 Å². The molecule has 1 unspecified atom stereocenters. The number of hydrogen-bond donors (Lipinski definition) is 1. The molecule has 1 aromatic heterocycles. The highest BCUT2D eigenvalue weighted by molar-refractivity contribution is 7.99. The standard InChI is InChI=1S/C11H21N3S/c1-9(2)14-7-5-11(13-14)8-15-10(3)4-6-12/h5,7,9-10H,4,6,8,12H2,1-3H3. The molecule has 0 aliphatic heterocycles. The van der Waals surface area contributed by atoms with Crippen LogP contribution in [-0.4, -0.2) is 21.6 Å². The van der Waals surface area contributed by atoms with E-state index in [1.807, 2.05) is 22.6 Å². The minimum atomic E-state index is 0.449. The van der Waals surface area contributed by atoms with Crippen LogP contribution in [0.1, 0.15) is 38.9 Å². The summed E-state index contributed by atoms with van der Waals surface area (Å²) in [5.74, 6) is 0.987. The summed E-state index contributed by atoms with van der Waals surface area (Å²) in [6.45, 7) is 7.27. The van der Waals surface area contributed by atoms with E-state index in [0.29, 0.717) is 11.3 Å². The number of aromatic nitrogens is 2. The second-order valence-corrected chi connectivity index (χ2v) is 5.51. The summed E-state index contributed by atoms with van der Waals surface area (Å²) >= 11 is 1.92. The first-order valence-corrected chi connectivity index (χ1v) is 6.54. The molecule has 0 aliphatic carbocycles. The van der Waals surface area contributed by atoms with Crippen molar-refractivity contribution in [1.29, 1.82) is 0 Å². The maximum absolute atomic E-state index is 5.51. The van der Waals surface area contributed by atoms with E-state index < -0.39 is 0 Å². The molecule has 1 aromatic rings. The van der Waals surface area contributed by atoms with Gasteiger partial charge in [-0.15, -0.1) is 0 Å². The van der Waals surface area contributed by atoms with Crippen LogP contribution in [0.4, 0.5) is 0 Å². The Balaban J connectivity index is 2.37. The Morgan fingerprint density at radius 3 is 2.73 bits per heavy atom. The van der Waals surface area contributed by atoms with E-state index in [1.54, 1.807) is 0 Å². The number of nitrogens with zero attached hydrogens (tertiary/aromatic N) is 2. The van der Waals surface area contributed by atoms with Gasteiger partial charge in [0.1, 0.15) is 0 Å². The van der Waals surface area contributed by atoms with E-state index in [9.17, 15) is 0 Å². The Hall–Kier alpha value is -0.480. The summed E-state index contributed by atoms with van der Waals surface area (Å²) < 4.78 is 2.00. The molecule has 0 aromatic carbocycles. The van der Waals surface area contributed by atoms with E-state index in [-0.39, 0.29) is 0 Å². The molecule has 0 saturated carbocycles. The predicted molar refractivity (Wildman–Crippen MR) is 67.0 cm³/mol. The average Bonchev–Trinajstić information content (AvgIpc) is 2.63. The van der Waals surface area contributed by atoms with Gasteiger partial charge in [-0.3, -0.25) is 4.68 Å². The zero-order valence-electron chi connectivity index (χ0n) is 9.81.